The Hall–Kier alpha value is -0.890. The van der Waals surface area contributed by atoms with E-state index in [9.17, 15) is 4.39 Å². The molecule has 1 aromatic rings. The minimum absolute atomic E-state index is 0.0122. The average molecular weight is 193 g/mol. The van der Waals surface area contributed by atoms with Crippen LogP contribution in [0.4, 0.5) is 4.39 Å². The summed E-state index contributed by atoms with van der Waals surface area (Å²) in [5, 5.41) is 0. The van der Waals surface area contributed by atoms with Crippen molar-refractivity contribution in [1.29, 1.82) is 0 Å². The number of halogens is 1. The molecule has 0 amide bonds. The third kappa shape index (κ3) is 1.80. The summed E-state index contributed by atoms with van der Waals surface area (Å²) in [4.78, 5) is 0. The summed E-state index contributed by atoms with van der Waals surface area (Å²) >= 11 is 0. The fourth-order valence-electron chi connectivity index (χ4n) is 2.22. The number of hydrogen-bond acceptors (Lipinski definition) is 1. The van der Waals surface area contributed by atoms with Gasteiger partial charge in [-0.3, -0.25) is 0 Å². The van der Waals surface area contributed by atoms with Crippen LogP contribution in [0, 0.1) is 11.7 Å². The van der Waals surface area contributed by atoms with Gasteiger partial charge < -0.3 is 5.73 Å². The molecule has 2 atom stereocenters. The molecule has 0 radical (unpaired) electrons. The lowest BCUT2D eigenvalue weighted by atomic mass is 9.98. The van der Waals surface area contributed by atoms with Gasteiger partial charge in [-0.25, -0.2) is 4.39 Å². The highest BCUT2D eigenvalue weighted by Gasteiger charge is 2.19. The van der Waals surface area contributed by atoms with Crippen LogP contribution < -0.4 is 5.73 Å². The first-order chi connectivity index (χ1) is 6.66. The quantitative estimate of drug-likeness (QED) is 0.630. The van der Waals surface area contributed by atoms with Crippen LogP contribution in [0.1, 0.15) is 36.9 Å². The molecule has 2 rings (SSSR count). The number of fused-ring (bicyclic) bond motifs is 1. The Kier molecular flexibility index (Phi) is 2.55. The fraction of sp³-hybridized carbons (Fsp3) is 0.500. The van der Waals surface area contributed by atoms with Crippen molar-refractivity contribution >= 4 is 0 Å². The zero-order valence-corrected chi connectivity index (χ0v) is 8.46. The second-order valence-corrected chi connectivity index (χ2v) is 4.33. The molecule has 0 spiro atoms. The molecule has 1 aromatic carbocycles. The van der Waals surface area contributed by atoms with Crippen LogP contribution in [0.15, 0.2) is 18.2 Å². The van der Waals surface area contributed by atoms with E-state index in [1.54, 1.807) is 6.07 Å². The smallest absolute Gasteiger partial charge is 0.123 e. The van der Waals surface area contributed by atoms with E-state index in [0.29, 0.717) is 5.92 Å². The van der Waals surface area contributed by atoms with Crippen LogP contribution >= 0.6 is 0 Å². The lowest BCUT2D eigenvalue weighted by Crippen LogP contribution is -2.13. The maximum absolute atomic E-state index is 13.0. The van der Waals surface area contributed by atoms with Crippen molar-refractivity contribution in [3.63, 3.8) is 0 Å². The predicted molar refractivity (Wildman–Crippen MR) is 55.4 cm³/mol. The highest BCUT2D eigenvalue weighted by Crippen LogP contribution is 2.30. The summed E-state index contributed by atoms with van der Waals surface area (Å²) in [7, 11) is 0. The fourth-order valence-corrected chi connectivity index (χ4v) is 2.22. The maximum atomic E-state index is 13.0. The van der Waals surface area contributed by atoms with Crippen molar-refractivity contribution in [3.05, 3.63) is 35.1 Å². The molecule has 76 valence electrons. The number of rotatable bonds is 0. The van der Waals surface area contributed by atoms with Crippen LogP contribution in [-0.4, -0.2) is 0 Å². The Morgan fingerprint density at radius 2 is 2.21 bits per heavy atom. The molecule has 0 bridgehead atoms. The molecule has 0 aliphatic heterocycles. The van der Waals surface area contributed by atoms with Gasteiger partial charge in [0.2, 0.25) is 0 Å². The molecule has 1 aliphatic carbocycles. The molecule has 0 saturated carbocycles. The molecular weight excluding hydrogens is 177 g/mol. The van der Waals surface area contributed by atoms with Crippen molar-refractivity contribution in [3.8, 4) is 0 Å². The van der Waals surface area contributed by atoms with Crippen molar-refractivity contribution in [2.75, 3.05) is 0 Å². The SMILES string of the molecule is CC1CCc2ccc(F)cc2C(N)C1. The van der Waals surface area contributed by atoms with Gasteiger partial charge in [-0.15, -0.1) is 0 Å². The molecule has 0 aromatic heterocycles. The van der Waals surface area contributed by atoms with Gasteiger partial charge in [0, 0.05) is 6.04 Å². The van der Waals surface area contributed by atoms with E-state index in [2.05, 4.69) is 6.92 Å². The Morgan fingerprint density at radius 3 is 3.00 bits per heavy atom. The summed E-state index contributed by atoms with van der Waals surface area (Å²) in [6, 6.07) is 5.01. The van der Waals surface area contributed by atoms with Crippen LogP contribution in [0.25, 0.3) is 0 Å². The van der Waals surface area contributed by atoms with Crippen molar-refractivity contribution in [1.82, 2.24) is 0 Å². The topological polar surface area (TPSA) is 26.0 Å². The number of nitrogens with two attached hydrogens (primary N) is 1. The van der Waals surface area contributed by atoms with E-state index in [1.807, 2.05) is 6.07 Å². The Labute approximate surface area is 84.1 Å². The zero-order valence-electron chi connectivity index (χ0n) is 8.46. The molecule has 2 N–H and O–H groups in total. The lowest BCUT2D eigenvalue weighted by Gasteiger charge is -2.14. The number of aryl methyl sites for hydroxylation is 1. The molecule has 14 heavy (non-hydrogen) atoms. The Balaban J connectivity index is 2.39. The van der Waals surface area contributed by atoms with Crippen molar-refractivity contribution < 1.29 is 4.39 Å². The normalized spacial score (nSPS) is 26.8. The van der Waals surface area contributed by atoms with Gasteiger partial charge in [0.05, 0.1) is 0 Å². The second-order valence-electron chi connectivity index (χ2n) is 4.33. The molecule has 2 unspecified atom stereocenters. The minimum Gasteiger partial charge on any atom is -0.324 e. The third-order valence-corrected chi connectivity index (χ3v) is 3.07. The van der Waals surface area contributed by atoms with E-state index in [-0.39, 0.29) is 11.9 Å². The first kappa shape index (κ1) is 9.66. The Bertz CT molecular complexity index is 335. The molecule has 0 fully saturated rings. The average Bonchev–Trinajstić information content (AvgIpc) is 2.27. The van der Waals surface area contributed by atoms with Gasteiger partial charge >= 0.3 is 0 Å². The predicted octanol–water partition coefficient (Wildman–Crippen LogP) is 2.80. The molecule has 0 saturated heterocycles. The minimum atomic E-state index is -0.172. The summed E-state index contributed by atoms with van der Waals surface area (Å²) in [6.07, 6.45) is 3.16. The van der Waals surface area contributed by atoms with E-state index in [0.717, 1.165) is 24.8 Å². The van der Waals surface area contributed by atoms with E-state index < -0.39 is 0 Å². The summed E-state index contributed by atoms with van der Waals surface area (Å²) < 4.78 is 13.0. The van der Waals surface area contributed by atoms with E-state index in [1.165, 1.54) is 11.6 Å². The second kappa shape index (κ2) is 3.70. The van der Waals surface area contributed by atoms with Crippen LogP contribution in [0.5, 0.6) is 0 Å². The lowest BCUT2D eigenvalue weighted by molar-refractivity contribution is 0.463. The molecular formula is C12H16FN. The maximum Gasteiger partial charge on any atom is 0.123 e. The third-order valence-electron chi connectivity index (χ3n) is 3.07. The number of benzene rings is 1. The molecule has 1 aliphatic rings. The standard InChI is InChI=1S/C12H16FN/c1-8-2-3-9-4-5-10(13)7-11(9)12(14)6-8/h4-5,7-8,12H,2-3,6,14H2,1H3. The molecule has 2 heteroatoms. The van der Waals surface area contributed by atoms with Crippen LogP contribution in [0.3, 0.4) is 0 Å². The van der Waals surface area contributed by atoms with Gasteiger partial charge in [0.1, 0.15) is 5.82 Å². The van der Waals surface area contributed by atoms with Crippen molar-refractivity contribution in [2.24, 2.45) is 11.7 Å². The largest absolute Gasteiger partial charge is 0.324 e. The highest BCUT2D eigenvalue weighted by molar-refractivity contribution is 5.31. The monoisotopic (exact) mass is 193 g/mol. The summed E-state index contributed by atoms with van der Waals surface area (Å²) in [5.74, 6) is 0.467. The van der Waals surface area contributed by atoms with Gasteiger partial charge in [-0.05, 0) is 48.4 Å². The van der Waals surface area contributed by atoms with E-state index >= 15 is 0 Å². The first-order valence-corrected chi connectivity index (χ1v) is 5.20. The Morgan fingerprint density at radius 1 is 1.43 bits per heavy atom. The van der Waals surface area contributed by atoms with Crippen LogP contribution in [-0.2, 0) is 6.42 Å². The van der Waals surface area contributed by atoms with E-state index in [4.69, 9.17) is 5.73 Å². The summed E-state index contributed by atoms with van der Waals surface area (Å²) in [5.41, 5.74) is 8.27. The zero-order chi connectivity index (χ0) is 10.1. The van der Waals surface area contributed by atoms with Crippen LogP contribution in [0.2, 0.25) is 0 Å². The molecule has 0 heterocycles. The number of hydrogen-bond donors (Lipinski definition) is 1. The first-order valence-electron chi connectivity index (χ1n) is 5.20. The van der Waals surface area contributed by atoms with Gasteiger partial charge in [-0.1, -0.05) is 13.0 Å². The molecule has 1 nitrogen and oxygen atoms in total. The van der Waals surface area contributed by atoms with Gasteiger partial charge in [0.25, 0.3) is 0 Å². The summed E-state index contributed by atoms with van der Waals surface area (Å²) in [6.45, 7) is 2.21. The van der Waals surface area contributed by atoms with Gasteiger partial charge in [0.15, 0.2) is 0 Å². The van der Waals surface area contributed by atoms with Gasteiger partial charge in [-0.2, -0.15) is 0 Å². The highest BCUT2D eigenvalue weighted by atomic mass is 19.1. The van der Waals surface area contributed by atoms with Crippen molar-refractivity contribution in [2.45, 2.75) is 32.2 Å².